The van der Waals surface area contributed by atoms with E-state index in [1.54, 1.807) is 12.1 Å². The van der Waals surface area contributed by atoms with Gasteiger partial charge in [0.15, 0.2) is 6.10 Å². The van der Waals surface area contributed by atoms with Gasteiger partial charge in [-0.2, -0.15) is 0 Å². The molecule has 0 aliphatic rings. The average Bonchev–Trinajstić information content (AvgIpc) is 2.71. The lowest BCUT2D eigenvalue weighted by atomic mass is 10.0. The van der Waals surface area contributed by atoms with Gasteiger partial charge in [0.05, 0.1) is 0 Å². The molecule has 156 valence electrons. The lowest BCUT2D eigenvalue weighted by molar-refractivity contribution is -0.146. The van der Waals surface area contributed by atoms with Crippen molar-refractivity contribution in [3.8, 4) is 5.75 Å². The van der Waals surface area contributed by atoms with Crippen LogP contribution < -0.4 is 10.5 Å². The van der Waals surface area contributed by atoms with E-state index in [0.29, 0.717) is 5.75 Å². The number of aliphatic carboxylic acids is 2. The zero-order valence-corrected chi connectivity index (χ0v) is 16.5. The van der Waals surface area contributed by atoms with Crippen LogP contribution in [0.1, 0.15) is 43.2 Å². The van der Waals surface area contributed by atoms with E-state index < -0.39 is 24.1 Å². The molecule has 0 bridgehead atoms. The van der Waals surface area contributed by atoms with Crippen LogP contribution in [0.3, 0.4) is 0 Å². The van der Waals surface area contributed by atoms with Crippen molar-refractivity contribution in [3.05, 3.63) is 65.7 Å². The van der Waals surface area contributed by atoms with Gasteiger partial charge >= 0.3 is 11.9 Å². The molecule has 6 heteroatoms. The third-order valence-corrected chi connectivity index (χ3v) is 4.79. The number of carboxylic acids is 2. The van der Waals surface area contributed by atoms with Crippen molar-refractivity contribution in [2.24, 2.45) is 5.73 Å². The predicted octanol–water partition coefficient (Wildman–Crippen LogP) is 3.67. The number of aryl methyl sites for hydroxylation is 2. The molecule has 0 aliphatic carbocycles. The topological polar surface area (TPSA) is 110 Å². The van der Waals surface area contributed by atoms with Gasteiger partial charge in [-0.3, -0.25) is 4.79 Å². The minimum Gasteiger partial charge on any atom is -0.480 e. The van der Waals surface area contributed by atoms with Crippen molar-refractivity contribution in [1.82, 2.24) is 0 Å². The quantitative estimate of drug-likeness (QED) is 0.443. The van der Waals surface area contributed by atoms with E-state index in [1.165, 1.54) is 24.8 Å². The van der Waals surface area contributed by atoms with Crippen LogP contribution in [0.5, 0.6) is 5.75 Å². The van der Waals surface area contributed by atoms with E-state index in [1.807, 2.05) is 18.2 Å². The van der Waals surface area contributed by atoms with Crippen molar-refractivity contribution in [3.63, 3.8) is 0 Å². The Balaban J connectivity index is 1.70. The summed E-state index contributed by atoms with van der Waals surface area (Å²) in [6.45, 7) is 0. The summed E-state index contributed by atoms with van der Waals surface area (Å²) in [6, 6.07) is 16.5. The molecule has 2 aromatic rings. The summed E-state index contributed by atoms with van der Waals surface area (Å²) in [7, 11) is 0. The Morgan fingerprint density at radius 3 is 1.86 bits per heavy atom. The second kappa shape index (κ2) is 11.9. The Labute approximate surface area is 171 Å². The highest BCUT2D eigenvalue weighted by molar-refractivity contribution is 5.77. The minimum absolute atomic E-state index is 0.296. The highest BCUT2D eigenvalue weighted by Gasteiger charge is 2.26. The molecule has 2 aromatic carbocycles. The maximum atomic E-state index is 11.3. The molecule has 0 spiro atoms. The maximum absolute atomic E-state index is 11.3. The zero-order valence-electron chi connectivity index (χ0n) is 16.5. The monoisotopic (exact) mass is 399 g/mol. The molecule has 0 fully saturated rings. The fourth-order valence-corrected chi connectivity index (χ4v) is 3.09. The number of hydrogen-bond donors (Lipinski definition) is 3. The molecule has 6 nitrogen and oxygen atoms in total. The van der Waals surface area contributed by atoms with Crippen molar-refractivity contribution in [2.75, 3.05) is 0 Å². The van der Waals surface area contributed by atoms with Gasteiger partial charge in [0.25, 0.3) is 0 Å². The third kappa shape index (κ3) is 8.35. The third-order valence-electron chi connectivity index (χ3n) is 4.79. The summed E-state index contributed by atoms with van der Waals surface area (Å²) in [4.78, 5) is 22.1. The van der Waals surface area contributed by atoms with Crippen molar-refractivity contribution < 1.29 is 24.5 Å². The average molecular weight is 399 g/mol. The van der Waals surface area contributed by atoms with Gasteiger partial charge in [-0.15, -0.1) is 0 Å². The molecular weight excluding hydrogens is 370 g/mol. The number of benzene rings is 2. The van der Waals surface area contributed by atoms with E-state index in [-0.39, 0.29) is 6.42 Å². The van der Waals surface area contributed by atoms with E-state index >= 15 is 0 Å². The number of carbonyl (C=O) groups is 2. The van der Waals surface area contributed by atoms with E-state index in [4.69, 9.17) is 15.6 Å². The smallest absolute Gasteiger partial charge is 0.344 e. The summed E-state index contributed by atoms with van der Waals surface area (Å²) >= 11 is 0. The summed E-state index contributed by atoms with van der Waals surface area (Å²) in [6.07, 6.45) is 5.12. The van der Waals surface area contributed by atoms with Crippen LogP contribution in [-0.4, -0.2) is 34.3 Å². The molecule has 0 aliphatic heterocycles. The summed E-state index contributed by atoms with van der Waals surface area (Å²) in [5.74, 6) is -2.10. The van der Waals surface area contributed by atoms with Crippen LogP contribution in [0.2, 0.25) is 0 Å². The molecule has 4 N–H and O–H groups in total. The van der Waals surface area contributed by atoms with Gasteiger partial charge in [0.2, 0.25) is 0 Å². The Morgan fingerprint density at radius 2 is 1.34 bits per heavy atom. The van der Waals surface area contributed by atoms with Crippen molar-refractivity contribution in [1.29, 1.82) is 0 Å². The normalized spacial score (nSPS) is 12.9. The number of hydrogen-bond acceptors (Lipinski definition) is 4. The van der Waals surface area contributed by atoms with Crippen LogP contribution in [0.15, 0.2) is 54.6 Å². The van der Waals surface area contributed by atoms with E-state index in [9.17, 15) is 14.7 Å². The first-order valence-corrected chi connectivity index (χ1v) is 9.96. The highest BCUT2D eigenvalue weighted by atomic mass is 16.5. The fourth-order valence-electron chi connectivity index (χ4n) is 3.09. The van der Waals surface area contributed by atoms with Crippen LogP contribution >= 0.6 is 0 Å². The van der Waals surface area contributed by atoms with Gasteiger partial charge in [-0.05, 0) is 48.9 Å². The van der Waals surface area contributed by atoms with Crippen LogP contribution in [0, 0.1) is 0 Å². The van der Waals surface area contributed by atoms with Gasteiger partial charge in [0, 0.05) is 6.42 Å². The molecule has 0 radical (unpaired) electrons. The van der Waals surface area contributed by atoms with Gasteiger partial charge in [0.1, 0.15) is 11.8 Å². The lowest BCUT2D eigenvalue weighted by Gasteiger charge is -2.17. The predicted molar refractivity (Wildman–Crippen MR) is 111 cm³/mol. The van der Waals surface area contributed by atoms with E-state index in [2.05, 4.69) is 24.3 Å². The number of unbranched alkanes of at least 4 members (excludes halogenated alkanes) is 3. The summed E-state index contributed by atoms with van der Waals surface area (Å²) in [5, 5.41) is 18.0. The molecule has 0 saturated heterocycles. The van der Waals surface area contributed by atoms with Crippen molar-refractivity contribution in [2.45, 2.75) is 57.1 Å². The Bertz CT molecular complexity index is 761. The molecule has 0 heterocycles. The van der Waals surface area contributed by atoms with Crippen molar-refractivity contribution >= 4 is 11.9 Å². The Kier molecular flexibility index (Phi) is 9.18. The molecule has 2 atom stereocenters. The van der Waals surface area contributed by atoms with Gasteiger partial charge < -0.3 is 20.7 Å². The first-order valence-electron chi connectivity index (χ1n) is 9.96. The SMILES string of the molecule is NC(CC(Oc1ccc(CCCCCCc2ccccc2)cc1)C(=O)O)C(=O)O. The second-order valence-electron chi connectivity index (χ2n) is 7.17. The lowest BCUT2D eigenvalue weighted by Crippen LogP contribution is -2.39. The number of carboxylic acid groups (broad SMARTS) is 2. The second-order valence-corrected chi connectivity index (χ2v) is 7.17. The summed E-state index contributed by atoms with van der Waals surface area (Å²) < 4.78 is 5.41. The Morgan fingerprint density at radius 1 is 0.793 bits per heavy atom. The molecule has 2 rings (SSSR count). The van der Waals surface area contributed by atoms with Crippen LogP contribution in [0.4, 0.5) is 0 Å². The van der Waals surface area contributed by atoms with Gasteiger partial charge in [-0.1, -0.05) is 55.3 Å². The van der Waals surface area contributed by atoms with Crippen LogP contribution in [-0.2, 0) is 22.4 Å². The minimum atomic E-state index is -1.29. The highest BCUT2D eigenvalue weighted by Crippen LogP contribution is 2.18. The fraction of sp³-hybridized carbons (Fsp3) is 0.391. The molecule has 29 heavy (non-hydrogen) atoms. The maximum Gasteiger partial charge on any atom is 0.344 e. The standard InChI is InChI=1S/C23H29NO5/c24-20(22(25)26)16-21(23(27)28)29-19-14-12-18(13-15-19)11-5-2-1-4-8-17-9-6-3-7-10-17/h3,6-7,9-10,12-15,20-21H,1-2,4-5,8,11,16,24H2,(H,25,26)(H,27,28). The zero-order chi connectivity index (χ0) is 21.1. The van der Waals surface area contributed by atoms with Gasteiger partial charge in [-0.25, -0.2) is 4.79 Å². The first-order chi connectivity index (χ1) is 14.0. The number of ether oxygens (including phenoxy) is 1. The largest absolute Gasteiger partial charge is 0.480 e. The molecule has 0 amide bonds. The molecule has 0 aromatic heterocycles. The molecule has 0 saturated carbocycles. The molecular formula is C23H29NO5. The molecule has 2 unspecified atom stereocenters. The Hall–Kier alpha value is -2.86. The van der Waals surface area contributed by atoms with Crippen LogP contribution in [0.25, 0.3) is 0 Å². The first kappa shape index (κ1) is 22.4. The summed E-state index contributed by atoms with van der Waals surface area (Å²) in [5.41, 5.74) is 7.96. The number of nitrogens with two attached hydrogens (primary N) is 1. The van der Waals surface area contributed by atoms with E-state index in [0.717, 1.165) is 24.8 Å². The number of rotatable bonds is 13.